The van der Waals surface area contributed by atoms with E-state index in [0.717, 1.165) is 29.3 Å². The summed E-state index contributed by atoms with van der Waals surface area (Å²) in [6.07, 6.45) is 0.587. The first-order valence-electron chi connectivity index (χ1n) is 10.5. The van der Waals surface area contributed by atoms with Gasteiger partial charge in [0, 0.05) is 28.8 Å². The molecule has 168 valence electrons. The van der Waals surface area contributed by atoms with Gasteiger partial charge in [-0.3, -0.25) is 25.0 Å². The molecule has 1 aliphatic heterocycles. The van der Waals surface area contributed by atoms with Crippen LogP contribution in [0.5, 0.6) is 0 Å². The first kappa shape index (κ1) is 22.1. The minimum Gasteiger partial charge on any atom is -0.302 e. The number of nitro groups is 2. The number of rotatable bonds is 4. The van der Waals surface area contributed by atoms with Crippen molar-refractivity contribution in [1.29, 1.82) is 0 Å². The molecule has 1 aliphatic rings. The van der Waals surface area contributed by atoms with Crippen molar-refractivity contribution in [2.45, 2.75) is 38.1 Å². The number of fused-ring (bicyclic) bond motifs is 1. The normalized spacial score (nSPS) is 18.9. The van der Waals surface area contributed by atoms with Crippen LogP contribution < -0.4 is 4.90 Å². The highest BCUT2D eigenvalue weighted by molar-refractivity contribution is 6.08. The van der Waals surface area contributed by atoms with Crippen LogP contribution in [0.1, 0.15) is 48.7 Å². The van der Waals surface area contributed by atoms with Gasteiger partial charge >= 0.3 is 0 Å². The Kier molecular flexibility index (Phi) is 5.24. The molecule has 0 fully saturated rings. The largest absolute Gasteiger partial charge is 0.302 e. The number of nitro benzene ring substituents is 2. The number of hydrogen-bond acceptors (Lipinski definition) is 5. The number of carbonyl (C=O) groups is 1. The SMILES string of the molecule is CC1(C)C[C@@](C)(c2ccccc2)c2ccccc2N1C(=O)c1cc([N+](=O)[O-])cc([N+](=O)[O-])c1. The molecule has 1 heterocycles. The van der Waals surface area contributed by atoms with E-state index in [-0.39, 0.29) is 11.0 Å². The van der Waals surface area contributed by atoms with Gasteiger partial charge in [-0.05, 0) is 37.5 Å². The van der Waals surface area contributed by atoms with Gasteiger partial charge in [-0.15, -0.1) is 0 Å². The highest BCUT2D eigenvalue weighted by Crippen LogP contribution is 2.50. The predicted octanol–water partition coefficient (Wildman–Crippen LogP) is 5.64. The van der Waals surface area contributed by atoms with E-state index < -0.39 is 32.7 Å². The number of amides is 1. The molecule has 33 heavy (non-hydrogen) atoms. The van der Waals surface area contributed by atoms with E-state index in [2.05, 4.69) is 19.1 Å². The summed E-state index contributed by atoms with van der Waals surface area (Å²) >= 11 is 0. The van der Waals surface area contributed by atoms with Crippen molar-refractivity contribution >= 4 is 23.0 Å². The molecular weight excluding hydrogens is 422 g/mol. The van der Waals surface area contributed by atoms with Crippen molar-refractivity contribution < 1.29 is 14.6 Å². The Balaban J connectivity index is 1.90. The molecule has 0 aromatic heterocycles. The van der Waals surface area contributed by atoms with Gasteiger partial charge in [-0.2, -0.15) is 0 Å². The zero-order valence-corrected chi connectivity index (χ0v) is 18.5. The van der Waals surface area contributed by atoms with Gasteiger partial charge in [0.1, 0.15) is 0 Å². The van der Waals surface area contributed by atoms with Crippen molar-refractivity contribution in [2.75, 3.05) is 4.90 Å². The second-order valence-corrected chi connectivity index (χ2v) is 9.10. The van der Waals surface area contributed by atoms with Crippen molar-refractivity contribution in [3.63, 3.8) is 0 Å². The minimum absolute atomic E-state index is 0.0953. The van der Waals surface area contributed by atoms with Crippen LogP contribution in [0, 0.1) is 20.2 Å². The van der Waals surface area contributed by atoms with Crippen LogP contribution in [0.15, 0.2) is 72.8 Å². The molecule has 1 atom stereocenters. The molecular formula is C25H23N3O5. The third kappa shape index (κ3) is 3.73. The fourth-order valence-corrected chi connectivity index (χ4v) is 5.01. The van der Waals surface area contributed by atoms with E-state index in [1.54, 1.807) is 4.90 Å². The van der Waals surface area contributed by atoms with Crippen LogP contribution in [-0.4, -0.2) is 21.3 Å². The number of nitrogens with zero attached hydrogens (tertiary/aromatic N) is 3. The van der Waals surface area contributed by atoms with E-state index >= 15 is 0 Å². The Hall–Kier alpha value is -4.07. The first-order valence-corrected chi connectivity index (χ1v) is 10.5. The molecule has 3 aromatic carbocycles. The molecule has 0 spiro atoms. The van der Waals surface area contributed by atoms with Crippen molar-refractivity contribution in [2.24, 2.45) is 0 Å². The molecule has 0 radical (unpaired) electrons. The predicted molar refractivity (Wildman–Crippen MR) is 125 cm³/mol. The maximum atomic E-state index is 13.8. The van der Waals surface area contributed by atoms with E-state index in [1.165, 1.54) is 0 Å². The third-order valence-electron chi connectivity index (χ3n) is 6.32. The number of para-hydroxylation sites is 1. The van der Waals surface area contributed by atoms with Crippen LogP contribution in [-0.2, 0) is 5.41 Å². The summed E-state index contributed by atoms with van der Waals surface area (Å²) in [5.74, 6) is -0.519. The summed E-state index contributed by atoms with van der Waals surface area (Å²) in [7, 11) is 0. The van der Waals surface area contributed by atoms with Crippen LogP contribution in [0.2, 0.25) is 0 Å². The summed E-state index contributed by atoms with van der Waals surface area (Å²) in [6.45, 7) is 6.02. The summed E-state index contributed by atoms with van der Waals surface area (Å²) in [5, 5.41) is 22.7. The van der Waals surface area contributed by atoms with Crippen LogP contribution in [0.25, 0.3) is 0 Å². The fraction of sp³-hybridized carbons (Fsp3) is 0.240. The summed E-state index contributed by atoms with van der Waals surface area (Å²) < 4.78 is 0. The van der Waals surface area contributed by atoms with E-state index in [9.17, 15) is 25.0 Å². The molecule has 8 nitrogen and oxygen atoms in total. The van der Waals surface area contributed by atoms with Gasteiger partial charge in [-0.25, -0.2) is 0 Å². The first-order chi connectivity index (χ1) is 15.5. The maximum absolute atomic E-state index is 13.8. The second-order valence-electron chi connectivity index (χ2n) is 9.10. The highest BCUT2D eigenvalue weighted by atomic mass is 16.6. The Morgan fingerprint density at radius 2 is 1.39 bits per heavy atom. The zero-order chi connectivity index (χ0) is 24.0. The van der Waals surface area contributed by atoms with Crippen molar-refractivity contribution in [3.8, 4) is 0 Å². The third-order valence-corrected chi connectivity index (χ3v) is 6.32. The van der Waals surface area contributed by atoms with Gasteiger partial charge in [0.2, 0.25) is 0 Å². The number of benzene rings is 3. The lowest BCUT2D eigenvalue weighted by Gasteiger charge is -2.51. The van der Waals surface area contributed by atoms with Gasteiger partial charge in [0.25, 0.3) is 17.3 Å². The molecule has 0 N–H and O–H groups in total. The van der Waals surface area contributed by atoms with Gasteiger partial charge in [0.15, 0.2) is 0 Å². The van der Waals surface area contributed by atoms with Gasteiger partial charge in [0.05, 0.1) is 21.5 Å². The lowest BCUT2D eigenvalue weighted by molar-refractivity contribution is -0.394. The number of non-ortho nitro benzene ring substituents is 2. The lowest BCUT2D eigenvalue weighted by atomic mass is 9.65. The lowest BCUT2D eigenvalue weighted by Crippen LogP contribution is -2.55. The molecule has 0 unspecified atom stereocenters. The van der Waals surface area contributed by atoms with Crippen LogP contribution in [0.4, 0.5) is 17.1 Å². The summed E-state index contributed by atoms with van der Waals surface area (Å²) in [4.78, 5) is 36.6. The molecule has 0 saturated heterocycles. The maximum Gasteiger partial charge on any atom is 0.277 e. The fourth-order valence-electron chi connectivity index (χ4n) is 5.01. The molecule has 4 rings (SSSR count). The highest BCUT2D eigenvalue weighted by Gasteiger charge is 2.48. The van der Waals surface area contributed by atoms with E-state index in [1.807, 2.05) is 56.3 Å². The quantitative estimate of drug-likeness (QED) is 0.382. The van der Waals surface area contributed by atoms with Crippen molar-refractivity contribution in [1.82, 2.24) is 0 Å². The smallest absolute Gasteiger partial charge is 0.277 e. The zero-order valence-electron chi connectivity index (χ0n) is 18.5. The van der Waals surface area contributed by atoms with Crippen LogP contribution in [0.3, 0.4) is 0 Å². The van der Waals surface area contributed by atoms with Gasteiger partial charge in [-0.1, -0.05) is 55.5 Å². The van der Waals surface area contributed by atoms with Gasteiger partial charge < -0.3 is 4.90 Å². The number of hydrogen-bond donors (Lipinski definition) is 0. The standard InChI is InChI=1S/C25H23N3O5/c1-24(2)16-25(3,18-9-5-4-6-10-18)21-11-7-8-12-22(21)26(24)23(29)17-13-19(27(30)31)15-20(14-17)28(32)33/h4-15H,16H2,1-3H3/t25-/m0/s1. The Bertz CT molecular complexity index is 1240. The second kappa shape index (κ2) is 7.81. The van der Waals surface area contributed by atoms with E-state index in [0.29, 0.717) is 12.1 Å². The number of anilines is 1. The molecule has 0 aliphatic carbocycles. The Morgan fingerprint density at radius 1 is 0.848 bits per heavy atom. The average Bonchev–Trinajstić information content (AvgIpc) is 2.78. The van der Waals surface area contributed by atoms with Crippen LogP contribution >= 0.6 is 0 Å². The van der Waals surface area contributed by atoms with Crippen molar-refractivity contribution in [3.05, 3.63) is 110 Å². The molecule has 8 heteroatoms. The molecule has 0 bridgehead atoms. The molecule has 3 aromatic rings. The monoisotopic (exact) mass is 445 g/mol. The minimum atomic E-state index is -0.731. The topological polar surface area (TPSA) is 107 Å². The molecule has 1 amide bonds. The average molecular weight is 445 g/mol. The van der Waals surface area contributed by atoms with E-state index in [4.69, 9.17) is 0 Å². The summed E-state index contributed by atoms with van der Waals surface area (Å²) in [5.41, 5.74) is 0.589. The summed E-state index contributed by atoms with van der Waals surface area (Å²) in [6, 6.07) is 20.7. The Labute approximate surface area is 190 Å². The molecule has 0 saturated carbocycles. The number of carbonyl (C=O) groups excluding carboxylic acids is 1. The Morgan fingerprint density at radius 3 is 1.97 bits per heavy atom.